The van der Waals surface area contributed by atoms with Crippen LogP contribution in [0.4, 0.5) is 0 Å². The molecule has 0 aliphatic carbocycles. The lowest BCUT2D eigenvalue weighted by atomic mass is 10.1. The van der Waals surface area contributed by atoms with Crippen LogP contribution in [0, 0.1) is 5.92 Å². The fourth-order valence-corrected chi connectivity index (χ4v) is 3.71. The van der Waals surface area contributed by atoms with Crippen molar-refractivity contribution in [2.45, 2.75) is 51.2 Å². The zero-order valence-electron chi connectivity index (χ0n) is 14.0. The van der Waals surface area contributed by atoms with Gasteiger partial charge in [0.15, 0.2) is 0 Å². The highest BCUT2D eigenvalue weighted by Crippen LogP contribution is 2.25. The molecule has 1 amide bonds. The number of amides is 1. The molecule has 6 nitrogen and oxygen atoms in total. The maximum absolute atomic E-state index is 12.6. The molecule has 0 radical (unpaired) electrons. The van der Waals surface area contributed by atoms with E-state index in [0.29, 0.717) is 18.5 Å². The molecule has 128 valence electrons. The average molecular weight is 320 g/mol. The maximum Gasteiger partial charge on any atom is 0.237 e. The van der Waals surface area contributed by atoms with Crippen LogP contribution in [0.25, 0.3) is 0 Å². The number of carbonyl (C=O) groups is 1. The summed E-state index contributed by atoms with van der Waals surface area (Å²) in [5.74, 6) is 0.568. The van der Waals surface area contributed by atoms with Gasteiger partial charge in [-0.25, -0.2) is 0 Å². The summed E-state index contributed by atoms with van der Waals surface area (Å²) >= 11 is 0. The molecule has 2 saturated heterocycles. The van der Waals surface area contributed by atoms with Crippen LogP contribution in [0.15, 0.2) is 18.5 Å². The molecule has 0 aromatic carbocycles. The second-order valence-corrected chi connectivity index (χ2v) is 6.82. The number of hydrogen-bond acceptors (Lipinski definition) is 4. The van der Waals surface area contributed by atoms with E-state index in [1.165, 1.54) is 0 Å². The van der Waals surface area contributed by atoms with Gasteiger partial charge >= 0.3 is 0 Å². The first kappa shape index (κ1) is 16.5. The lowest BCUT2D eigenvalue weighted by molar-refractivity contribution is -0.127. The molecule has 6 heteroatoms. The summed E-state index contributed by atoms with van der Waals surface area (Å²) in [5.41, 5.74) is 0. The number of rotatable bonds is 6. The first-order valence-electron chi connectivity index (χ1n) is 8.82. The number of aromatic nitrogens is 2. The molecule has 1 N–H and O–H groups in total. The third kappa shape index (κ3) is 4.32. The van der Waals surface area contributed by atoms with Gasteiger partial charge in [-0.05, 0) is 44.2 Å². The van der Waals surface area contributed by atoms with Crippen molar-refractivity contribution in [1.82, 2.24) is 20.0 Å². The zero-order chi connectivity index (χ0) is 16.1. The van der Waals surface area contributed by atoms with Gasteiger partial charge in [0.25, 0.3) is 0 Å². The molecule has 23 heavy (non-hydrogen) atoms. The molecule has 0 saturated carbocycles. The molecule has 1 aromatic rings. The Hall–Kier alpha value is -1.40. The summed E-state index contributed by atoms with van der Waals surface area (Å²) in [7, 11) is 0. The number of ether oxygens (including phenoxy) is 1. The smallest absolute Gasteiger partial charge is 0.237 e. The Kier molecular flexibility index (Phi) is 5.67. The predicted octanol–water partition coefficient (Wildman–Crippen LogP) is 1.28. The minimum absolute atomic E-state index is 0.0509. The summed E-state index contributed by atoms with van der Waals surface area (Å²) in [5, 5.41) is 7.37. The van der Waals surface area contributed by atoms with E-state index in [4.69, 9.17) is 4.74 Å². The van der Waals surface area contributed by atoms with E-state index in [-0.39, 0.29) is 11.9 Å². The van der Waals surface area contributed by atoms with Crippen LogP contribution in [0.5, 0.6) is 0 Å². The number of nitrogens with zero attached hydrogens (tertiary/aromatic N) is 3. The van der Waals surface area contributed by atoms with Crippen LogP contribution < -0.4 is 5.32 Å². The van der Waals surface area contributed by atoms with Gasteiger partial charge in [0.05, 0.1) is 6.04 Å². The molecular formula is C17H28N4O2. The number of hydrogen-bond donors (Lipinski definition) is 1. The van der Waals surface area contributed by atoms with E-state index in [0.717, 1.165) is 52.0 Å². The van der Waals surface area contributed by atoms with Crippen molar-refractivity contribution in [1.29, 1.82) is 0 Å². The van der Waals surface area contributed by atoms with Gasteiger partial charge in [0.1, 0.15) is 0 Å². The maximum atomic E-state index is 12.6. The second-order valence-electron chi connectivity index (χ2n) is 6.82. The van der Waals surface area contributed by atoms with Crippen LogP contribution in [-0.4, -0.2) is 59.0 Å². The molecule has 3 rings (SSSR count). The summed E-state index contributed by atoms with van der Waals surface area (Å²) < 4.78 is 7.37. The molecule has 0 bridgehead atoms. The van der Waals surface area contributed by atoms with E-state index in [9.17, 15) is 4.79 Å². The first-order valence-corrected chi connectivity index (χ1v) is 8.82. The number of carbonyl (C=O) groups excluding carboxylic acids is 1. The third-order valence-corrected chi connectivity index (χ3v) is 4.94. The molecule has 1 aromatic heterocycles. The first-order chi connectivity index (χ1) is 11.2. The van der Waals surface area contributed by atoms with Crippen LogP contribution in [0.2, 0.25) is 0 Å². The predicted molar refractivity (Wildman–Crippen MR) is 88.0 cm³/mol. The summed E-state index contributed by atoms with van der Waals surface area (Å²) in [6.07, 6.45) is 7.96. The van der Waals surface area contributed by atoms with E-state index < -0.39 is 0 Å². The minimum atomic E-state index is 0.0509. The fraction of sp³-hybridized carbons (Fsp3) is 0.765. The van der Waals surface area contributed by atoms with E-state index >= 15 is 0 Å². The lowest BCUT2D eigenvalue weighted by Crippen LogP contribution is -2.50. The van der Waals surface area contributed by atoms with Gasteiger partial charge < -0.3 is 10.1 Å². The van der Waals surface area contributed by atoms with Crippen LogP contribution in [0.3, 0.4) is 0 Å². The second kappa shape index (κ2) is 7.93. The number of nitrogens with one attached hydrogen (secondary N) is 1. The van der Waals surface area contributed by atoms with Crippen LogP contribution in [-0.2, 0) is 16.1 Å². The van der Waals surface area contributed by atoms with Crippen molar-refractivity contribution in [2.24, 2.45) is 5.92 Å². The highest BCUT2D eigenvalue weighted by atomic mass is 16.5. The van der Waals surface area contributed by atoms with Gasteiger partial charge in [0, 0.05) is 44.7 Å². The molecule has 2 unspecified atom stereocenters. The summed E-state index contributed by atoms with van der Waals surface area (Å²) in [4.78, 5) is 15.0. The highest BCUT2D eigenvalue weighted by molar-refractivity contribution is 5.82. The molecule has 2 aliphatic rings. The number of likely N-dealkylation sites (tertiary alicyclic amines) is 1. The highest BCUT2D eigenvalue weighted by Gasteiger charge is 2.35. The van der Waals surface area contributed by atoms with Gasteiger partial charge in [-0.3, -0.25) is 14.4 Å². The van der Waals surface area contributed by atoms with Gasteiger partial charge in [0.2, 0.25) is 5.91 Å². The molecule has 0 spiro atoms. The minimum Gasteiger partial charge on any atom is -0.381 e. The Balaban J connectivity index is 1.46. The Morgan fingerprint density at radius 1 is 1.39 bits per heavy atom. The van der Waals surface area contributed by atoms with Crippen molar-refractivity contribution in [3.8, 4) is 0 Å². The fourth-order valence-electron chi connectivity index (χ4n) is 3.71. The van der Waals surface area contributed by atoms with Crippen molar-refractivity contribution in [3.63, 3.8) is 0 Å². The summed E-state index contributed by atoms with van der Waals surface area (Å²) in [6, 6.07) is 2.49. The largest absolute Gasteiger partial charge is 0.381 e. The van der Waals surface area contributed by atoms with Gasteiger partial charge in [-0.2, -0.15) is 5.10 Å². The van der Waals surface area contributed by atoms with E-state index in [2.05, 4.69) is 22.2 Å². The van der Waals surface area contributed by atoms with E-state index in [1.54, 1.807) is 6.20 Å². The van der Waals surface area contributed by atoms with Crippen molar-refractivity contribution in [3.05, 3.63) is 18.5 Å². The van der Waals surface area contributed by atoms with Crippen molar-refractivity contribution in [2.75, 3.05) is 26.3 Å². The standard InChI is InChI=1S/C17H28N4O2/c1-14(13-20-8-3-7-19-20)12-18-17(22)16-4-2-9-21(16)15-5-10-23-11-6-15/h3,7-8,14-16H,2,4-6,9-13H2,1H3,(H,18,22). The van der Waals surface area contributed by atoms with Gasteiger partial charge in [-0.1, -0.05) is 6.92 Å². The molecule has 3 heterocycles. The van der Waals surface area contributed by atoms with Crippen LogP contribution >= 0.6 is 0 Å². The Labute approximate surface area is 138 Å². The quantitative estimate of drug-likeness (QED) is 0.858. The Morgan fingerprint density at radius 3 is 2.96 bits per heavy atom. The van der Waals surface area contributed by atoms with E-state index in [1.807, 2.05) is 16.9 Å². The Morgan fingerprint density at radius 2 is 2.22 bits per heavy atom. The van der Waals surface area contributed by atoms with Crippen molar-refractivity contribution >= 4 is 5.91 Å². The average Bonchev–Trinajstić information content (AvgIpc) is 3.25. The summed E-state index contributed by atoms with van der Waals surface area (Å²) in [6.45, 7) is 6.39. The van der Waals surface area contributed by atoms with Crippen LogP contribution in [0.1, 0.15) is 32.6 Å². The Bertz CT molecular complexity index is 485. The molecule has 2 aliphatic heterocycles. The van der Waals surface area contributed by atoms with Gasteiger partial charge in [-0.15, -0.1) is 0 Å². The topological polar surface area (TPSA) is 59.4 Å². The molecular weight excluding hydrogens is 292 g/mol. The third-order valence-electron chi connectivity index (χ3n) is 4.94. The monoisotopic (exact) mass is 320 g/mol. The zero-order valence-corrected chi connectivity index (χ0v) is 14.0. The SMILES string of the molecule is CC(CNC(=O)C1CCCN1C1CCOCC1)Cn1cccn1. The van der Waals surface area contributed by atoms with Crippen molar-refractivity contribution < 1.29 is 9.53 Å². The molecule has 2 atom stereocenters. The molecule has 2 fully saturated rings. The lowest BCUT2D eigenvalue weighted by Gasteiger charge is -2.34. The normalized spacial score (nSPS) is 24.7.